The van der Waals surface area contributed by atoms with Crippen molar-refractivity contribution in [2.75, 3.05) is 6.61 Å². The molecule has 0 bridgehead atoms. The first-order chi connectivity index (χ1) is 6.15. The van der Waals surface area contributed by atoms with E-state index in [1.807, 2.05) is 0 Å². The van der Waals surface area contributed by atoms with Gasteiger partial charge in [-0.1, -0.05) is 20.8 Å². The Labute approximate surface area is 81.6 Å². The largest absolute Gasteiger partial charge is 0.352 e. The van der Waals surface area contributed by atoms with Crippen molar-refractivity contribution in [3.05, 3.63) is 0 Å². The topological polar surface area (TPSA) is 18.5 Å². The third kappa shape index (κ3) is 2.96. The summed E-state index contributed by atoms with van der Waals surface area (Å²) in [7, 11) is 0. The van der Waals surface area contributed by atoms with E-state index in [0.717, 1.165) is 19.4 Å². The van der Waals surface area contributed by atoms with E-state index in [1.165, 1.54) is 0 Å². The van der Waals surface area contributed by atoms with Crippen molar-refractivity contribution >= 4 is 0 Å². The van der Waals surface area contributed by atoms with Gasteiger partial charge in [-0.3, -0.25) is 0 Å². The summed E-state index contributed by atoms with van der Waals surface area (Å²) in [4.78, 5) is 0. The molecule has 3 atom stereocenters. The third-order valence-corrected chi connectivity index (χ3v) is 2.85. The maximum Gasteiger partial charge on any atom is 0.160 e. The van der Waals surface area contributed by atoms with Crippen LogP contribution in [0.3, 0.4) is 0 Å². The van der Waals surface area contributed by atoms with Gasteiger partial charge in [-0.25, -0.2) is 0 Å². The zero-order chi connectivity index (χ0) is 9.84. The van der Waals surface area contributed by atoms with Crippen LogP contribution in [0.2, 0.25) is 0 Å². The molecule has 0 saturated carbocycles. The van der Waals surface area contributed by atoms with Crippen molar-refractivity contribution in [1.82, 2.24) is 0 Å². The molecule has 0 aromatic rings. The van der Waals surface area contributed by atoms with Gasteiger partial charge in [0.1, 0.15) is 0 Å². The van der Waals surface area contributed by atoms with Crippen LogP contribution in [0.5, 0.6) is 0 Å². The molecule has 2 heteroatoms. The summed E-state index contributed by atoms with van der Waals surface area (Å²) in [5.74, 6) is 1.18. The molecule has 1 heterocycles. The Kier molecular flexibility index (Phi) is 4.20. The molecule has 2 nitrogen and oxygen atoms in total. The molecule has 0 radical (unpaired) electrons. The van der Waals surface area contributed by atoms with Crippen molar-refractivity contribution < 1.29 is 9.47 Å². The van der Waals surface area contributed by atoms with E-state index in [2.05, 4.69) is 27.7 Å². The van der Waals surface area contributed by atoms with E-state index in [-0.39, 0.29) is 6.29 Å². The Morgan fingerprint density at radius 3 is 2.54 bits per heavy atom. The molecule has 78 valence electrons. The van der Waals surface area contributed by atoms with Gasteiger partial charge >= 0.3 is 0 Å². The fourth-order valence-corrected chi connectivity index (χ4v) is 1.89. The maximum atomic E-state index is 5.78. The predicted molar refractivity (Wildman–Crippen MR) is 53.5 cm³/mol. The molecule has 0 N–H and O–H groups in total. The van der Waals surface area contributed by atoms with Crippen LogP contribution in [0.15, 0.2) is 0 Å². The van der Waals surface area contributed by atoms with Crippen molar-refractivity contribution in [3.8, 4) is 0 Å². The summed E-state index contributed by atoms with van der Waals surface area (Å²) in [5, 5.41) is 0. The number of rotatable bonds is 3. The Hall–Kier alpha value is -0.0800. The molecule has 13 heavy (non-hydrogen) atoms. The van der Waals surface area contributed by atoms with Gasteiger partial charge in [0, 0.05) is 5.92 Å². The molecular formula is C11H22O2. The van der Waals surface area contributed by atoms with Gasteiger partial charge < -0.3 is 9.47 Å². The molecule has 1 rings (SSSR count). The molecule has 0 spiro atoms. The normalized spacial score (nSPS) is 32.1. The van der Waals surface area contributed by atoms with Gasteiger partial charge in [-0.05, 0) is 25.7 Å². The molecule has 1 fully saturated rings. The highest BCUT2D eigenvalue weighted by atomic mass is 16.7. The minimum Gasteiger partial charge on any atom is -0.352 e. The molecule has 1 aliphatic rings. The Morgan fingerprint density at radius 1 is 1.38 bits per heavy atom. The van der Waals surface area contributed by atoms with Gasteiger partial charge in [-0.15, -0.1) is 0 Å². The Balaban J connectivity index is 2.47. The first-order valence-corrected chi connectivity index (χ1v) is 5.42. The fraction of sp³-hybridized carbons (Fsp3) is 1.00. The highest BCUT2D eigenvalue weighted by Gasteiger charge is 2.28. The second kappa shape index (κ2) is 4.97. The van der Waals surface area contributed by atoms with Crippen LogP contribution in [0, 0.1) is 11.8 Å². The minimum absolute atomic E-state index is 0.0359. The van der Waals surface area contributed by atoms with Gasteiger partial charge in [0.05, 0.1) is 12.7 Å². The number of hydrogen-bond donors (Lipinski definition) is 0. The average Bonchev–Trinajstić information content (AvgIpc) is 2.04. The van der Waals surface area contributed by atoms with Crippen LogP contribution in [0.1, 0.15) is 40.5 Å². The molecular weight excluding hydrogens is 164 g/mol. The van der Waals surface area contributed by atoms with Crippen LogP contribution >= 0.6 is 0 Å². The lowest BCUT2D eigenvalue weighted by atomic mass is 9.92. The van der Waals surface area contributed by atoms with Gasteiger partial charge in [-0.2, -0.15) is 0 Å². The lowest BCUT2D eigenvalue weighted by Gasteiger charge is -2.35. The predicted octanol–water partition coefficient (Wildman–Crippen LogP) is 2.82. The SMILES string of the molecule is CCC(C(C)C)C1OCCC(C)O1. The first-order valence-electron chi connectivity index (χ1n) is 5.42. The summed E-state index contributed by atoms with van der Waals surface area (Å²) in [6.07, 6.45) is 2.57. The van der Waals surface area contributed by atoms with Crippen molar-refractivity contribution in [1.29, 1.82) is 0 Å². The fourth-order valence-electron chi connectivity index (χ4n) is 1.89. The minimum atomic E-state index is 0.0359. The zero-order valence-corrected chi connectivity index (χ0v) is 9.25. The lowest BCUT2D eigenvalue weighted by Crippen LogP contribution is -2.38. The number of hydrogen-bond acceptors (Lipinski definition) is 2. The van der Waals surface area contributed by atoms with E-state index in [0.29, 0.717) is 17.9 Å². The van der Waals surface area contributed by atoms with E-state index < -0.39 is 0 Å². The molecule has 3 unspecified atom stereocenters. The monoisotopic (exact) mass is 186 g/mol. The van der Waals surface area contributed by atoms with Crippen molar-refractivity contribution in [2.45, 2.75) is 52.9 Å². The highest BCUT2D eigenvalue weighted by Crippen LogP contribution is 2.26. The van der Waals surface area contributed by atoms with Gasteiger partial charge in [0.15, 0.2) is 6.29 Å². The molecule has 1 aliphatic heterocycles. The Morgan fingerprint density at radius 2 is 2.08 bits per heavy atom. The summed E-state index contributed by atoms with van der Waals surface area (Å²) in [5.41, 5.74) is 0. The number of ether oxygens (including phenoxy) is 2. The smallest absolute Gasteiger partial charge is 0.160 e. The van der Waals surface area contributed by atoms with E-state index in [9.17, 15) is 0 Å². The van der Waals surface area contributed by atoms with Crippen molar-refractivity contribution in [2.24, 2.45) is 11.8 Å². The molecule has 0 aromatic carbocycles. The summed E-state index contributed by atoms with van der Waals surface area (Å²) in [6, 6.07) is 0. The van der Waals surface area contributed by atoms with Crippen LogP contribution < -0.4 is 0 Å². The van der Waals surface area contributed by atoms with E-state index in [1.54, 1.807) is 0 Å². The van der Waals surface area contributed by atoms with Crippen LogP contribution in [-0.2, 0) is 9.47 Å². The van der Waals surface area contributed by atoms with Crippen LogP contribution in [0.4, 0.5) is 0 Å². The van der Waals surface area contributed by atoms with Crippen LogP contribution in [0.25, 0.3) is 0 Å². The van der Waals surface area contributed by atoms with Crippen LogP contribution in [-0.4, -0.2) is 19.0 Å². The lowest BCUT2D eigenvalue weighted by molar-refractivity contribution is -0.237. The highest BCUT2D eigenvalue weighted by molar-refractivity contribution is 4.69. The van der Waals surface area contributed by atoms with Gasteiger partial charge in [0.25, 0.3) is 0 Å². The van der Waals surface area contributed by atoms with Crippen molar-refractivity contribution in [3.63, 3.8) is 0 Å². The van der Waals surface area contributed by atoms with E-state index >= 15 is 0 Å². The second-order valence-electron chi connectivity index (χ2n) is 4.29. The quantitative estimate of drug-likeness (QED) is 0.674. The molecule has 0 aromatic heterocycles. The second-order valence-corrected chi connectivity index (χ2v) is 4.29. The maximum absolute atomic E-state index is 5.78. The zero-order valence-electron chi connectivity index (χ0n) is 9.25. The molecule has 0 aliphatic carbocycles. The summed E-state index contributed by atoms with van der Waals surface area (Å²) in [6.45, 7) is 9.66. The molecule has 0 amide bonds. The van der Waals surface area contributed by atoms with Gasteiger partial charge in [0.2, 0.25) is 0 Å². The summed E-state index contributed by atoms with van der Waals surface area (Å²) < 4.78 is 11.4. The average molecular weight is 186 g/mol. The summed E-state index contributed by atoms with van der Waals surface area (Å²) >= 11 is 0. The molecule has 1 saturated heterocycles. The standard InChI is InChI=1S/C11H22O2/c1-5-10(8(2)3)11-12-7-6-9(4)13-11/h8-11H,5-7H2,1-4H3. The van der Waals surface area contributed by atoms with E-state index in [4.69, 9.17) is 9.47 Å². The third-order valence-electron chi connectivity index (χ3n) is 2.85. The first kappa shape index (κ1) is 11.0. The Bertz CT molecular complexity index is 145.